The predicted molar refractivity (Wildman–Crippen MR) is 136 cm³/mol. The Hall–Kier alpha value is -3.13. The molecule has 0 spiro atoms. The maximum Gasteiger partial charge on any atom is 0.349 e. The van der Waals surface area contributed by atoms with E-state index in [1.807, 2.05) is 26.0 Å². The number of rotatable bonds is 8. The molecule has 0 saturated carbocycles. The average molecular weight is 533 g/mol. The van der Waals surface area contributed by atoms with Gasteiger partial charge in [-0.15, -0.1) is 0 Å². The number of piperazine rings is 1. The zero-order valence-corrected chi connectivity index (χ0v) is 22.1. The van der Waals surface area contributed by atoms with Crippen LogP contribution in [0.25, 0.3) is 6.08 Å². The summed E-state index contributed by atoms with van der Waals surface area (Å²) in [5.41, 5.74) is 2.52. The molecule has 1 aliphatic rings. The topological polar surface area (TPSA) is 113 Å². The van der Waals surface area contributed by atoms with Crippen LogP contribution in [0.4, 0.5) is 0 Å². The molecule has 1 aromatic heterocycles. The summed E-state index contributed by atoms with van der Waals surface area (Å²) < 4.78 is 34.1. The van der Waals surface area contributed by atoms with E-state index in [-0.39, 0.29) is 36.6 Å². The van der Waals surface area contributed by atoms with Gasteiger partial charge in [-0.05, 0) is 62.2 Å². The Morgan fingerprint density at radius 3 is 2.36 bits per heavy atom. The normalized spacial score (nSPS) is 15.0. The monoisotopic (exact) mass is 532 g/mol. The largest absolute Gasteiger partial charge is 0.451 e. The van der Waals surface area contributed by atoms with Crippen LogP contribution < -0.4 is 0 Å². The Labute approximate surface area is 216 Å². The lowest BCUT2D eigenvalue weighted by atomic mass is 10.1. The highest BCUT2D eigenvalue weighted by atomic mass is 35.5. The Kier molecular flexibility index (Phi) is 8.95. The number of aromatic nitrogens is 1. The number of nitrogens with zero attached hydrogens (tertiary/aromatic N) is 4. The van der Waals surface area contributed by atoms with E-state index in [0.29, 0.717) is 5.02 Å². The van der Waals surface area contributed by atoms with Gasteiger partial charge in [0, 0.05) is 49.1 Å². The Morgan fingerprint density at radius 2 is 1.78 bits per heavy atom. The number of benzene rings is 1. The predicted octanol–water partition coefficient (Wildman–Crippen LogP) is 3.15. The van der Waals surface area contributed by atoms with Crippen LogP contribution in [-0.2, 0) is 30.9 Å². The number of amides is 1. The second-order valence-corrected chi connectivity index (χ2v) is 10.8. The van der Waals surface area contributed by atoms with Gasteiger partial charge in [0.1, 0.15) is 11.6 Å². The van der Waals surface area contributed by atoms with E-state index in [4.69, 9.17) is 16.3 Å². The van der Waals surface area contributed by atoms with E-state index in [2.05, 4.69) is 11.5 Å². The molecule has 0 atom stereocenters. The van der Waals surface area contributed by atoms with Crippen molar-refractivity contribution in [2.45, 2.75) is 38.6 Å². The first-order valence-corrected chi connectivity index (χ1v) is 13.4. The number of hydrogen-bond acceptors (Lipinski definition) is 6. The summed E-state index contributed by atoms with van der Waals surface area (Å²) in [6.45, 7) is 6.80. The van der Waals surface area contributed by atoms with Crippen molar-refractivity contribution >= 4 is 39.6 Å². The third-order valence-electron chi connectivity index (χ3n) is 6.07. The van der Waals surface area contributed by atoms with Crippen molar-refractivity contribution in [2.24, 2.45) is 0 Å². The van der Waals surface area contributed by atoms with Gasteiger partial charge in [-0.2, -0.15) is 9.57 Å². The Bertz CT molecular complexity index is 1300. The molecule has 2 aromatic rings. The summed E-state index contributed by atoms with van der Waals surface area (Å²) in [4.78, 5) is 26.6. The minimum Gasteiger partial charge on any atom is -0.451 e. The number of sulfonamides is 1. The van der Waals surface area contributed by atoms with E-state index >= 15 is 0 Å². The standard InChI is InChI=1S/C25H29ClN4O5S/c1-4-9-30-18(2)14-20(19(30)3)15-21(16-27)25(32)35-17-24(31)28-10-12-29(13-11-28)36(33,34)23-7-5-22(26)6-8-23/h5-8,14-15H,4,9-13,17H2,1-3H3/b21-15-. The zero-order chi connectivity index (χ0) is 26.5. The van der Waals surface area contributed by atoms with Crippen LogP contribution in [0.15, 0.2) is 40.8 Å². The van der Waals surface area contributed by atoms with Gasteiger partial charge in [0.25, 0.3) is 5.91 Å². The van der Waals surface area contributed by atoms with E-state index in [0.717, 1.165) is 29.9 Å². The molecule has 0 unspecified atom stereocenters. The average Bonchev–Trinajstić information content (AvgIpc) is 3.13. The summed E-state index contributed by atoms with van der Waals surface area (Å²) in [6.07, 6.45) is 2.43. The van der Waals surface area contributed by atoms with Gasteiger partial charge in [0.15, 0.2) is 6.61 Å². The van der Waals surface area contributed by atoms with Crippen molar-refractivity contribution in [2.75, 3.05) is 32.8 Å². The van der Waals surface area contributed by atoms with Crippen molar-refractivity contribution in [1.82, 2.24) is 13.8 Å². The van der Waals surface area contributed by atoms with Crippen LogP contribution in [0, 0.1) is 25.2 Å². The summed E-state index contributed by atoms with van der Waals surface area (Å²) >= 11 is 5.84. The number of aryl methyl sites for hydroxylation is 1. The summed E-state index contributed by atoms with van der Waals surface area (Å²) in [5.74, 6) is -1.33. The summed E-state index contributed by atoms with van der Waals surface area (Å²) in [6, 6.07) is 9.66. The smallest absolute Gasteiger partial charge is 0.349 e. The molecule has 3 rings (SSSR count). The Morgan fingerprint density at radius 1 is 1.14 bits per heavy atom. The quantitative estimate of drug-likeness (QED) is 0.293. The molecule has 1 aliphatic heterocycles. The van der Waals surface area contributed by atoms with Crippen LogP contribution in [0.2, 0.25) is 5.02 Å². The first kappa shape index (κ1) is 27.5. The number of ether oxygens (including phenoxy) is 1. The van der Waals surface area contributed by atoms with Crippen LogP contribution in [0.3, 0.4) is 0 Å². The van der Waals surface area contributed by atoms with Crippen LogP contribution in [0.5, 0.6) is 0 Å². The first-order chi connectivity index (χ1) is 17.1. The molecule has 9 nitrogen and oxygen atoms in total. The lowest BCUT2D eigenvalue weighted by Gasteiger charge is -2.33. The maximum atomic E-state index is 12.8. The van der Waals surface area contributed by atoms with Crippen LogP contribution >= 0.6 is 11.6 Å². The number of esters is 1. The van der Waals surface area contributed by atoms with Gasteiger partial charge in [-0.3, -0.25) is 4.79 Å². The molecule has 0 radical (unpaired) electrons. The van der Waals surface area contributed by atoms with Crippen molar-refractivity contribution in [3.05, 3.63) is 57.9 Å². The molecular formula is C25H29ClN4O5S. The van der Waals surface area contributed by atoms with Gasteiger partial charge in [0.05, 0.1) is 4.90 Å². The first-order valence-electron chi connectivity index (χ1n) is 11.6. The van der Waals surface area contributed by atoms with Gasteiger partial charge < -0.3 is 14.2 Å². The molecule has 1 amide bonds. The van der Waals surface area contributed by atoms with E-state index in [1.165, 1.54) is 39.5 Å². The molecule has 2 heterocycles. The summed E-state index contributed by atoms with van der Waals surface area (Å²) in [5, 5.41) is 9.90. The molecule has 1 saturated heterocycles. The van der Waals surface area contributed by atoms with Gasteiger partial charge >= 0.3 is 5.97 Å². The lowest BCUT2D eigenvalue weighted by Crippen LogP contribution is -2.51. The molecule has 0 N–H and O–H groups in total. The number of halogens is 1. The van der Waals surface area contributed by atoms with E-state index in [1.54, 1.807) is 0 Å². The highest BCUT2D eigenvalue weighted by Crippen LogP contribution is 2.21. The lowest BCUT2D eigenvalue weighted by molar-refractivity contribution is -0.149. The maximum absolute atomic E-state index is 12.8. The number of hydrogen-bond donors (Lipinski definition) is 0. The molecule has 11 heteroatoms. The minimum atomic E-state index is -3.70. The van der Waals surface area contributed by atoms with Gasteiger partial charge in [0.2, 0.25) is 10.0 Å². The second-order valence-electron chi connectivity index (χ2n) is 8.46. The molecule has 36 heavy (non-hydrogen) atoms. The second kappa shape index (κ2) is 11.7. The highest BCUT2D eigenvalue weighted by Gasteiger charge is 2.30. The van der Waals surface area contributed by atoms with Crippen LogP contribution in [-0.4, -0.2) is 66.9 Å². The molecule has 1 aromatic carbocycles. The molecule has 192 valence electrons. The minimum absolute atomic E-state index is 0.112. The fourth-order valence-corrected chi connectivity index (χ4v) is 5.61. The van der Waals surface area contributed by atoms with Crippen molar-refractivity contribution in [3.8, 4) is 6.07 Å². The Balaban J connectivity index is 1.57. The molecule has 0 bridgehead atoms. The van der Waals surface area contributed by atoms with Crippen molar-refractivity contribution in [3.63, 3.8) is 0 Å². The third kappa shape index (κ3) is 6.16. The van der Waals surface area contributed by atoms with Crippen LogP contribution in [0.1, 0.15) is 30.3 Å². The number of carbonyl (C=O) groups excluding carboxylic acids is 2. The highest BCUT2D eigenvalue weighted by molar-refractivity contribution is 7.89. The van der Waals surface area contributed by atoms with Crippen molar-refractivity contribution < 1.29 is 22.7 Å². The fraction of sp³-hybridized carbons (Fsp3) is 0.400. The number of carbonyl (C=O) groups is 2. The molecule has 0 aliphatic carbocycles. The summed E-state index contributed by atoms with van der Waals surface area (Å²) in [7, 11) is -3.70. The van der Waals surface area contributed by atoms with E-state index < -0.39 is 28.5 Å². The molecular weight excluding hydrogens is 504 g/mol. The third-order valence-corrected chi connectivity index (χ3v) is 8.23. The van der Waals surface area contributed by atoms with Gasteiger partial charge in [-0.1, -0.05) is 18.5 Å². The zero-order valence-electron chi connectivity index (χ0n) is 20.5. The fourth-order valence-electron chi connectivity index (χ4n) is 4.06. The van der Waals surface area contributed by atoms with E-state index in [9.17, 15) is 23.3 Å². The SMILES string of the molecule is CCCn1c(C)cc(/C=C(/C#N)C(=O)OCC(=O)N2CCN(S(=O)(=O)c3ccc(Cl)cc3)CC2)c1C. The molecule has 1 fully saturated rings. The number of nitriles is 1. The van der Waals surface area contributed by atoms with Gasteiger partial charge in [-0.25, -0.2) is 13.2 Å². The van der Waals surface area contributed by atoms with Crippen molar-refractivity contribution in [1.29, 1.82) is 5.26 Å².